The third-order valence-corrected chi connectivity index (χ3v) is 5.87. The van der Waals surface area contributed by atoms with Gasteiger partial charge in [0.2, 0.25) is 0 Å². The summed E-state index contributed by atoms with van der Waals surface area (Å²) in [4.78, 5) is 0. The van der Waals surface area contributed by atoms with Crippen molar-refractivity contribution in [2.75, 3.05) is 6.61 Å². The highest BCUT2D eigenvalue weighted by Gasteiger charge is 2.17. The van der Waals surface area contributed by atoms with Crippen LogP contribution in [0.5, 0.6) is 11.5 Å². The third-order valence-electron chi connectivity index (χ3n) is 5.87. The number of benzene rings is 3. The number of nitrogens with zero attached hydrogens (tertiary/aromatic N) is 1. The van der Waals surface area contributed by atoms with E-state index in [2.05, 4.69) is 45.0 Å². The predicted molar refractivity (Wildman–Crippen MR) is 135 cm³/mol. The molecular formula is C30H34FNO2. The molecule has 0 amide bonds. The Bertz CT molecular complexity index is 1130. The summed E-state index contributed by atoms with van der Waals surface area (Å²) < 4.78 is 26.2. The van der Waals surface area contributed by atoms with Gasteiger partial charge in [-0.05, 0) is 78.3 Å². The van der Waals surface area contributed by atoms with Gasteiger partial charge in [0.25, 0.3) is 0 Å². The fourth-order valence-corrected chi connectivity index (χ4v) is 4.10. The second-order valence-electron chi connectivity index (χ2n) is 9.27. The SMILES string of the molecule is CCCc1ccc(COc2cccc(C#N)c2)cc1OCC(CC(C)C)c1ccc(F)c(C)c1. The van der Waals surface area contributed by atoms with Crippen molar-refractivity contribution in [2.45, 2.75) is 59.5 Å². The van der Waals surface area contributed by atoms with E-state index in [1.165, 1.54) is 5.56 Å². The molecule has 1 unspecified atom stereocenters. The molecule has 0 aliphatic heterocycles. The Morgan fingerprint density at radius 2 is 1.82 bits per heavy atom. The zero-order valence-electron chi connectivity index (χ0n) is 20.6. The molecule has 3 rings (SSSR count). The van der Waals surface area contributed by atoms with Crippen molar-refractivity contribution in [3.8, 4) is 17.6 Å². The first-order valence-electron chi connectivity index (χ1n) is 12.0. The van der Waals surface area contributed by atoms with Gasteiger partial charge in [0, 0.05) is 5.92 Å². The molecule has 1 atom stereocenters. The van der Waals surface area contributed by atoms with Crippen LogP contribution in [0.25, 0.3) is 0 Å². The van der Waals surface area contributed by atoms with Crippen molar-refractivity contribution >= 4 is 0 Å². The Morgan fingerprint density at radius 3 is 2.53 bits per heavy atom. The number of rotatable bonds is 11. The normalized spacial score (nSPS) is 11.8. The van der Waals surface area contributed by atoms with E-state index in [0.717, 1.165) is 36.1 Å². The van der Waals surface area contributed by atoms with Crippen molar-refractivity contribution in [1.29, 1.82) is 5.26 Å². The third kappa shape index (κ3) is 7.09. The summed E-state index contributed by atoms with van der Waals surface area (Å²) in [5, 5.41) is 9.09. The minimum Gasteiger partial charge on any atom is -0.493 e. The fourth-order valence-electron chi connectivity index (χ4n) is 4.10. The number of hydrogen-bond donors (Lipinski definition) is 0. The molecular weight excluding hydrogens is 425 g/mol. The Labute approximate surface area is 203 Å². The monoisotopic (exact) mass is 459 g/mol. The van der Waals surface area contributed by atoms with Gasteiger partial charge in [0.15, 0.2) is 0 Å². The molecule has 178 valence electrons. The van der Waals surface area contributed by atoms with Crippen LogP contribution in [0.4, 0.5) is 4.39 Å². The van der Waals surface area contributed by atoms with Gasteiger partial charge in [-0.3, -0.25) is 0 Å². The molecule has 0 bridgehead atoms. The summed E-state index contributed by atoms with van der Waals surface area (Å²) in [6.45, 7) is 9.29. The summed E-state index contributed by atoms with van der Waals surface area (Å²) in [5.41, 5.74) is 4.54. The first kappa shape index (κ1) is 25.3. The molecule has 3 nitrogen and oxygen atoms in total. The quantitative estimate of drug-likeness (QED) is 0.294. The van der Waals surface area contributed by atoms with E-state index in [4.69, 9.17) is 14.7 Å². The molecule has 0 saturated carbocycles. The molecule has 4 heteroatoms. The maximum atomic E-state index is 13.8. The van der Waals surface area contributed by atoms with Gasteiger partial charge in [-0.1, -0.05) is 57.5 Å². The summed E-state index contributed by atoms with van der Waals surface area (Å²) >= 11 is 0. The van der Waals surface area contributed by atoms with Crippen LogP contribution in [0, 0.1) is 30.0 Å². The van der Waals surface area contributed by atoms with Crippen molar-refractivity contribution in [3.63, 3.8) is 0 Å². The molecule has 34 heavy (non-hydrogen) atoms. The average Bonchev–Trinajstić information content (AvgIpc) is 2.83. The van der Waals surface area contributed by atoms with Crippen molar-refractivity contribution in [1.82, 2.24) is 0 Å². The lowest BCUT2D eigenvalue weighted by Gasteiger charge is -2.22. The van der Waals surface area contributed by atoms with Gasteiger partial charge < -0.3 is 9.47 Å². The number of halogens is 1. The minimum absolute atomic E-state index is 0.175. The maximum Gasteiger partial charge on any atom is 0.126 e. The van der Waals surface area contributed by atoms with Crippen molar-refractivity contribution < 1.29 is 13.9 Å². The topological polar surface area (TPSA) is 42.2 Å². The molecule has 0 spiro atoms. The predicted octanol–water partition coefficient (Wildman–Crippen LogP) is 7.75. The Kier molecular flexibility index (Phi) is 9.10. The number of aryl methyl sites for hydroxylation is 2. The Morgan fingerprint density at radius 1 is 1.00 bits per heavy atom. The summed E-state index contributed by atoms with van der Waals surface area (Å²) in [6.07, 6.45) is 2.93. The van der Waals surface area contributed by atoms with Gasteiger partial charge >= 0.3 is 0 Å². The molecule has 0 fully saturated rings. The summed E-state index contributed by atoms with van der Waals surface area (Å²) in [7, 11) is 0. The van der Waals surface area contributed by atoms with Gasteiger partial charge in [-0.15, -0.1) is 0 Å². The van der Waals surface area contributed by atoms with Crippen LogP contribution in [0.3, 0.4) is 0 Å². The van der Waals surface area contributed by atoms with Crippen LogP contribution in [0.15, 0.2) is 60.7 Å². The number of nitriles is 1. The zero-order valence-corrected chi connectivity index (χ0v) is 20.6. The van der Waals surface area contributed by atoms with Crippen LogP contribution in [-0.2, 0) is 13.0 Å². The van der Waals surface area contributed by atoms with E-state index in [-0.39, 0.29) is 11.7 Å². The highest BCUT2D eigenvalue weighted by atomic mass is 19.1. The lowest BCUT2D eigenvalue weighted by Crippen LogP contribution is -2.14. The van der Waals surface area contributed by atoms with Gasteiger partial charge in [0.05, 0.1) is 18.2 Å². The first-order chi connectivity index (χ1) is 16.4. The smallest absolute Gasteiger partial charge is 0.126 e. The number of hydrogen-bond acceptors (Lipinski definition) is 3. The Hall–Kier alpha value is -3.32. The van der Waals surface area contributed by atoms with Crippen LogP contribution in [0.2, 0.25) is 0 Å². The lowest BCUT2D eigenvalue weighted by atomic mass is 9.90. The van der Waals surface area contributed by atoms with Gasteiger partial charge in [0.1, 0.15) is 23.9 Å². The van der Waals surface area contributed by atoms with E-state index in [9.17, 15) is 4.39 Å². The first-order valence-corrected chi connectivity index (χ1v) is 12.0. The van der Waals surface area contributed by atoms with E-state index < -0.39 is 0 Å². The number of ether oxygens (including phenoxy) is 2. The van der Waals surface area contributed by atoms with E-state index in [1.807, 2.05) is 24.3 Å². The highest BCUT2D eigenvalue weighted by molar-refractivity contribution is 5.39. The lowest BCUT2D eigenvalue weighted by molar-refractivity contribution is 0.265. The largest absolute Gasteiger partial charge is 0.493 e. The molecule has 0 radical (unpaired) electrons. The molecule has 3 aromatic carbocycles. The standard InChI is InChI=1S/C30H34FNO2/c1-5-7-25-11-10-24(19-33-28-9-6-8-23(16-28)18-32)17-30(25)34-20-27(14-21(2)3)26-12-13-29(31)22(4)15-26/h6,8-13,15-17,21,27H,5,7,14,19-20H2,1-4H3. The van der Waals surface area contributed by atoms with Gasteiger partial charge in [-0.2, -0.15) is 5.26 Å². The van der Waals surface area contributed by atoms with Crippen LogP contribution >= 0.6 is 0 Å². The summed E-state index contributed by atoms with van der Waals surface area (Å²) in [5.74, 6) is 2.05. The molecule has 3 aromatic rings. The second kappa shape index (κ2) is 12.2. The molecule has 0 N–H and O–H groups in total. The second-order valence-corrected chi connectivity index (χ2v) is 9.27. The van der Waals surface area contributed by atoms with Crippen molar-refractivity contribution in [3.05, 3.63) is 94.3 Å². The maximum absolute atomic E-state index is 13.8. The molecule has 0 saturated heterocycles. The average molecular weight is 460 g/mol. The van der Waals surface area contributed by atoms with E-state index in [1.54, 1.807) is 25.1 Å². The highest BCUT2D eigenvalue weighted by Crippen LogP contribution is 2.29. The van der Waals surface area contributed by atoms with Crippen molar-refractivity contribution in [2.24, 2.45) is 5.92 Å². The van der Waals surface area contributed by atoms with Gasteiger partial charge in [-0.25, -0.2) is 4.39 Å². The Balaban J connectivity index is 1.77. The summed E-state index contributed by atoms with van der Waals surface area (Å²) in [6, 6.07) is 20.9. The molecule has 0 heterocycles. The molecule has 0 aromatic heterocycles. The van der Waals surface area contributed by atoms with Crippen LogP contribution in [-0.4, -0.2) is 6.61 Å². The minimum atomic E-state index is -0.175. The molecule has 0 aliphatic carbocycles. The van der Waals surface area contributed by atoms with E-state index in [0.29, 0.717) is 36.0 Å². The zero-order chi connectivity index (χ0) is 24.5. The van der Waals surface area contributed by atoms with Crippen LogP contribution < -0.4 is 9.47 Å². The van der Waals surface area contributed by atoms with Crippen LogP contribution in [0.1, 0.15) is 67.3 Å². The molecule has 0 aliphatic rings. The fraction of sp³-hybridized carbons (Fsp3) is 0.367. The van der Waals surface area contributed by atoms with E-state index >= 15 is 0 Å².